The summed E-state index contributed by atoms with van der Waals surface area (Å²) in [5.74, 6) is 1.41. The highest BCUT2D eigenvalue weighted by molar-refractivity contribution is 7.99. The molecule has 0 amide bonds. The number of hydrogen-bond donors (Lipinski definition) is 1. The van der Waals surface area contributed by atoms with Gasteiger partial charge in [-0.15, -0.1) is 0 Å². The molecule has 1 saturated heterocycles. The van der Waals surface area contributed by atoms with Crippen molar-refractivity contribution in [1.29, 1.82) is 0 Å². The quantitative estimate of drug-likeness (QED) is 0.628. The molecule has 3 aromatic rings. The predicted octanol–water partition coefficient (Wildman–Crippen LogP) is 4.22. The van der Waals surface area contributed by atoms with Gasteiger partial charge < -0.3 is 19.7 Å². The van der Waals surface area contributed by atoms with Crippen LogP contribution in [0.25, 0.3) is 0 Å². The fraction of sp³-hybridized carbons (Fsp3) is 0.238. The Hall–Kier alpha value is -2.77. The number of aromatic nitrogens is 2. The lowest BCUT2D eigenvalue weighted by Crippen LogP contribution is -2.36. The first-order chi connectivity index (χ1) is 13.8. The van der Waals surface area contributed by atoms with E-state index in [-0.39, 0.29) is 0 Å². The van der Waals surface area contributed by atoms with Crippen LogP contribution in [0, 0.1) is 0 Å². The average molecular weight is 395 g/mol. The number of benzene rings is 2. The summed E-state index contributed by atoms with van der Waals surface area (Å²) in [6.07, 6.45) is 1.76. The van der Waals surface area contributed by atoms with Crippen molar-refractivity contribution >= 4 is 29.1 Å². The SMILES string of the molecule is COc1cccc(Sc2ccnc(Nc3ccc(N4CCOCC4)cc3)n2)c1. The third-order valence-electron chi connectivity index (χ3n) is 4.39. The third kappa shape index (κ3) is 4.74. The second-order valence-electron chi connectivity index (χ2n) is 6.27. The second-order valence-corrected chi connectivity index (χ2v) is 7.36. The summed E-state index contributed by atoms with van der Waals surface area (Å²) in [4.78, 5) is 12.3. The molecule has 2 aromatic carbocycles. The number of nitrogens with one attached hydrogen (secondary N) is 1. The van der Waals surface area contributed by atoms with Crippen LogP contribution in [0.4, 0.5) is 17.3 Å². The predicted molar refractivity (Wildman–Crippen MR) is 112 cm³/mol. The van der Waals surface area contributed by atoms with Crippen molar-refractivity contribution in [2.24, 2.45) is 0 Å². The lowest BCUT2D eigenvalue weighted by molar-refractivity contribution is 0.122. The van der Waals surface area contributed by atoms with Gasteiger partial charge >= 0.3 is 0 Å². The van der Waals surface area contributed by atoms with Crippen LogP contribution in [-0.2, 0) is 4.74 Å². The molecule has 6 nitrogen and oxygen atoms in total. The van der Waals surface area contributed by atoms with E-state index in [2.05, 4.69) is 44.5 Å². The smallest absolute Gasteiger partial charge is 0.228 e. The molecule has 1 N–H and O–H groups in total. The van der Waals surface area contributed by atoms with Crippen LogP contribution in [0.15, 0.2) is 70.7 Å². The van der Waals surface area contributed by atoms with Crippen LogP contribution in [-0.4, -0.2) is 43.4 Å². The Balaban J connectivity index is 1.42. The van der Waals surface area contributed by atoms with Gasteiger partial charge in [0.2, 0.25) is 5.95 Å². The highest BCUT2D eigenvalue weighted by Gasteiger charge is 2.11. The molecule has 0 aliphatic carbocycles. The monoisotopic (exact) mass is 394 g/mol. The molecule has 144 valence electrons. The minimum Gasteiger partial charge on any atom is -0.497 e. The largest absolute Gasteiger partial charge is 0.497 e. The van der Waals surface area contributed by atoms with E-state index in [9.17, 15) is 0 Å². The van der Waals surface area contributed by atoms with Crippen LogP contribution in [0.3, 0.4) is 0 Å². The maximum atomic E-state index is 5.41. The summed E-state index contributed by atoms with van der Waals surface area (Å²) in [6.45, 7) is 3.43. The first kappa shape index (κ1) is 18.6. The number of rotatable bonds is 6. The third-order valence-corrected chi connectivity index (χ3v) is 5.32. The van der Waals surface area contributed by atoms with E-state index in [1.807, 2.05) is 30.3 Å². The number of ether oxygens (including phenoxy) is 2. The molecule has 28 heavy (non-hydrogen) atoms. The number of morpholine rings is 1. The molecule has 4 rings (SSSR count). The minimum atomic E-state index is 0.576. The number of hydrogen-bond acceptors (Lipinski definition) is 7. The molecule has 0 atom stereocenters. The van der Waals surface area contributed by atoms with Gasteiger partial charge in [0.1, 0.15) is 10.8 Å². The van der Waals surface area contributed by atoms with Gasteiger partial charge in [0.05, 0.1) is 20.3 Å². The van der Waals surface area contributed by atoms with E-state index in [0.717, 1.165) is 47.7 Å². The van der Waals surface area contributed by atoms with Crippen molar-refractivity contribution in [3.8, 4) is 5.75 Å². The number of anilines is 3. The zero-order chi connectivity index (χ0) is 19.2. The summed E-state index contributed by atoms with van der Waals surface area (Å²) in [7, 11) is 1.67. The highest BCUT2D eigenvalue weighted by atomic mass is 32.2. The average Bonchev–Trinajstić information content (AvgIpc) is 2.75. The van der Waals surface area contributed by atoms with Gasteiger partial charge in [0, 0.05) is 35.6 Å². The first-order valence-electron chi connectivity index (χ1n) is 9.15. The maximum Gasteiger partial charge on any atom is 0.228 e. The van der Waals surface area contributed by atoms with Gasteiger partial charge in [-0.25, -0.2) is 9.97 Å². The summed E-state index contributed by atoms with van der Waals surface area (Å²) < 4.78 is 10.7. The van der Waals surface area contributed by atoms with Gasteiger partial charge in [0.25, 0.3) is 0 Å². The van der Waals surface area contributed by atoms with Gasteiger partial charge in [-0.3, -0.25) is 0 Å². The van der Waals surface area contributed by atoms with Crippen LogP contribution in [0.5, 0.6) is 5.75 Å². The van der Waals surface area contributed by atoms with Gasteiger partial charge in [-0.05, 0) is 48.5 Å². The summed E-state index contributed by atoms with van der Waals surface area (Å²) >= 11 is 1.57. The van der Waals surface area contributed by atoms with E-state index < -0.39 is 0 Å². The molecule has 0 bridgehead atoms. The first-order valence-corrected chi connectivity index (χ1v) is 9.96. The van der Waals surface area contributed by atoms with E-state index in [4.69, 9.17) is 9.47 Å². The Morgan fingerprint density at radius 2 is 1.89 bits per heavy atom. The van der Waals surface area contributed by atoms with Crippen molar-refractivity contribution in [1.82, 2.24) is 9.97 Å². The Kier molecular flexibility index (Phi) is 5.94. The standard InChI is InChI=1S/C21H22N4O2S/c1-26-18-3-2-4-19(15-18)28-20-9-10-22-21(24-20)23-16-5-7-17(8-6-16)25-11-13-27-14-12-25/h2-10,15H,11-14H2,1H3,(H,22,23,24). The summed E-state index contributed by atoms with van der Waals surface area (Å²) in [5.41, 5.74) is 2.16. The number of nitrogens with zero attached hydrogens (tertiary/aromatic N) is 3. The van der Waals surface area contributed by atoms with Crippen LogP contribution >= 0.6 is 11.8 Å². The van der Waals surface area contributed by atoms with Crippen LogP contribution < -0.4 is 15.0 Å². The highest BCUT2D eigenvalue weighted by Crippen LogP contribution is 2.29. The number of methoxy groups -OCH3 is 1. The Labute approximate surface area is 168 Å². The van der Waals surface area contributed by atoms with Crippen molar-refractivity contribution in [3.63, 3.8) is 0 Å². The lowest BCUT2D eigenvalue weighted by Gasteiger charge is -2.28. The molecular formula is C21H22N4O2S. The van der Waals surface area contributed by atoms with E-state index in [1.165, 1.54) is 5.69 Å². The molecule has 1 aliphatic rings. The second kappa shape index (κ2) is 8.95. The summed E-state index contributed by atoms with van der Waals surface area (Å²) in [6, 6.07) is 18.2. The minimum absolute atomic E-state index is 0.576. The molecule has 0 spiro atoms. The molecule has 1 aliphatic heterocycles. The van der Waals surface area contributed by atoms with Crippen molar-refractivity contribution in [2.75, 3.05) is 43.6 Å². The molecule has 7 heteroatoms. The van der Waals surface area contributed by atoms with Crippen molar-refractivity contribution in [3.05, 3.63) is 60.8 Å². The molecule has 0 unspecified atom stereocenters. The van der Waals surface area contributed by atoms with Gasteiger partial charge in [-0.1, -0.05) is 17.8 Å². The van der Waals surface area contributed by atoms with Crippen LogP contribution in [0.1, 0.15) is 0 Å². The Morgan fingerprint density at radius 1 is 1.07 bits per heavy atom. The fourth-order valence-corrected chi connectivity index (χ4v) is 3.78. The van der Waals surface area contributed by atoms with E-state index in [0.29, 0.717) is 5.95 Å². The molecular weight excluding hydrogens is 372 g/mol. The van der Waals surface area contributed by atoms with Gasteiger partial charge in [-0.2, -0.15) is 0 Å². The molecule has 1 fully saturated rings. The van der Waals surface area contributed by atoms with E-state index >= 15 is 0 Å². The van der Waals surface area contributed by atoms with E-state index in [1.54, 1.807) is 25.1 Å². The molecule has 0 radical (unpaired) electrons. The zero-order valence-corrected chi connectivity index (χ0v) is 16.5. The maximum absolute atomic E-state index is 5.41. The van der Waals surface area contributed by atoms with Crippen molar-refractivity contribution < 1.29 is 9.47 Å². The fourth-order valence-electron chi connectivity index (χ4n) is 2.95. The van der Waals surface area contributed by atoms with Crippen molar-refractivity contribution in [2.45, 2.75) is 9.92 Å². The Bertz CT molecular complexity index is 914. The Morgan fingerprint density at radius 3 is 2.68 bits per heavy atom. The molecule has 1 aromatic heterocycles. The zero-order valence-electron chi connectivity index (χ0n) is 15.7. The van der Waals surface area contributed by atoms with Crippen LogP contribution in [0.2, 0.25) is 0 Å². The topological polar surface area (TPSA) is 59.5 Å². The lowest BCUT2D eigenvalue weighted by atomic mass is 10.2. The summed E-state index contributed by atoms with van der Waals surface area (Å²) in [5, 5.41) is 4.15. The molecule has 0 saturated carbocycles. The van der Waals surface area contributed by atoms with Gasteiger partial charge in [0.15, 0.2) is 0 Å². The molecule has 2 heterocycles. The normalized spacial score (nSPS) is 14.0.